The van der Waals surface area contributed by atoms with E-state index in [-0.39, 0.29) is 5.91 Å². The normalized spacial score (nSPS) is 11.7. The molecule has 1 amide bonds. The quantitative estimate of drug-likeness (QED) is 0.198. The van der Waals surface area contributed by atoms with Crippen LogP contribution in [-0.4, -0.2) is 19.3 Å². The maximum atomic E-state index is 12.7. The van der Waals surface area contributed by atoms with E-state index >= 15 is 0 Å². The molecule has 5 aromatic rings. The first-order chi connectivity index (χ1) is 17.1. The highest BCUT2D eigenvalue weighted by Crippen LogP contribution is 2.39. The number of hydrogen-bond donors (Lipinski definition) is 1. The van der Waals surface area contributed by atoms with E-state index in [2.05, 4.69) is 35.6 Å². The van der Waals surface area contributed by atoms with E-state index in [0.29, 0.717) is 5.75 Å². The number of fused-ring (bicyclic) bond motifs is 2. The van der Waals surface area contributed by atoms with E-state index in [9.17, 15) is 4.79 Å². The lowest BCUT2D eigenvalue weighted by Gasteiger charge is -2.11. The molecule has 0 saturated heterocycles. The van der Waals surface area contributed by atoms with Crippen LogP contribution in [0.1, 0.15) is 12.5 Å². The van der Waals surface area contributed by atoms with Gasteiger partial charge in [0.25, 0.3) is 0 Å². The third-order valence-corrected chi connectivity index (χ3v) is 6.85. The van der Waals surface area contributed by atoms with Crippen LogP contribution in [0.25, 0.3) is 38.4 Å². The van der Waals surface area contributed by atoms with Gasteiger partial charge in [-0.05, 0) is 65.4 Å². The first-order valence-corrected chi connectivity index (χ1v) is 12.5. The molecule has 0 unspecified atom stereocenters. The molecule has 0 radical (unpaired) electrons. The van der Waals surface area contributed by atoms with Gasteiger partial charge in [0.05, 0.1) is 13.4 Å². The Morgan fingerprint density at radius 3 is 2.49 bits per heavy atom. The zero-order chi connectivity index (χ0) is 24.4. The summed E-state index contributed by atoms with van der Waals surface area (Å²) in [6.45, 7) is 1.91. The Hall–Kier alpha value is -3.96. The summed E-state index contributed by atoms with van der Waals surface area (Å²) in [6, 6.07) is 26.3. The molecule has 5 heteroatoms. The minimum Gasteiger partial charge on any atom is -0.496 e. The van der Waals surface area contributed by atoms with Crippen molar-refractivity contribution < 1.29 is 13.9 Å². The van der Waals surface area contributed by atoms with Crippen molar-refractivity contribution in [1.29, 1.82) is 0 Å². The molecule has 35 heavy (non-hydrogen) atoms. The van der Waals surface area contributed by atoms with Gasteiger partial charge in [-0.1, -0.05) is 42.5 Å². The number of furan rings is 1. The lowest BCUT2D eigenvalue weighted by Crippen LogP contribution is -2.08. The Balaban J connectivity index is 1.53. The van der Waals surface area contributed by atoms with Crippen LogP contribution in [0, 0.1) is 0 Å². The monoisotopic (exact) mass is 479 g/mol. The Bertz CT molecular complexity index is 1560. The molecule has 0 fully saturated rings. The van der Waals surface area contributed by atoms with Gasteiger partial charge in [0.1, 0.15) is 11.3 Å². The Morgan fingerprint density at radius 2 is 1.71 bits per heavy atom. The van der Waals surface area contributed by atoms with Crippen LogP contribution in [0.4, 0.5) is 5.69 Å². The highest BCUT2D eigenvalue weighted by molar-refractivity contribution is 7.98. The second-order valence-corrected chi connectivity index (χ2v) is 9.15. The molecular weight excluding hydrogens is 454 g/mol. The molecule has 4 aromatic carbocycles. The van der Waals surface area contributed by atoms with Gasteiger partial charge in [-0.2, -0.15) is 0 Å². The first-order valence-electron chi connectivity index (χ1n) is 11.3. The van der Waals surface area contributed by atoms with Crippen molar-refractivity contribution in [3.8, 4) is 16.9 Å². The number of allylic oxidation sites excluding steroid dienone is 1. The maximum absolute atomic E-state index is 12.7. The number of amides is 1. The van der Waals surface area contributed by atoms with Gasteiger partial charge in [-0.3, -0.25) is 4.79 Å². The van der Waals surface area contributed by atoms with Crippen LogP contribution < -0.4 is 10.1 Å². The average molecular weight is 480 g/mol. The van der Waals surface area contributed by atoms with E-state index in [1.54, 1.807) is 31.2 Å². The molecule has 0 spiro atoms. The molecule has 0 atom stereocenters. The fraction of sp³-hybridized carbons (Fsp3) is 0.100. The van der Waals surface area contributed by atoms with Gasteiger partial charge in [-0.15, -0.1) is 11.8 Å². The summed E-state index contributed by atoms with van der Waals surface area (Å²) < 4.78 is 11.6. The van der Waals surface area contributed by atoms with Crippen molar-refractivity contribution in [3.05, 3.63) is 96.8 Å². The van der Waals surface area contributed by atoms with Gasteiger partial charge in [0.15, 0.2) is 0 Å². The third-order valence-electron chi connectivity index (χ3n) is 6.11. The minimum absolute atomic E-state index is 0.192. The molecule has 1 N–H and O–H groups in total. The molecule has 1 heterocycles. The Labute approximate surface area is 208 Å². The van der Waals surface area contributed by atoms with E-state index in [4.69, 9.17) is 9.15 Å². The number of anilines is 1. The number of methoxy groups -OCH3 is 1. The summed E-state index contributed by atoms with van der Waals surface area (Å²) in [7, 11) is 1.62. The third kappa shape index (κ3) is 4.55. The zero-order valence-electron chi connectivity index (χ0n) is 19.8. The summed E-state index contributed by atoms with van der Waals surface area (Å²) in [5, 5.41) is 6.24. The van der Waals surface area contributed by atoms with Crippen molar-refractivity contribution in [1.82, 2.24) is 0 Å². The fourth-order valence-corrected chi connectivity index (χ4v) is 4.74. The SMILES string of the molecule is COc1cc2occ(-c3cccc4ccccc34)c2cc1/C(C)=C/C(=O)Nc1ccc(SC)cc1. The standard InChI is InChI=1S/C30H25NO3S/c1-19(15-30(32)31-21-11-13-22(35-3)14-12-21)25-16-26-27(18-34-29(26)17-28(25)33-2)24-10-6-8-20-7-4-5-9-23(20)24/h4-18H,1-3H3,(H,31,32)/b19-15+. The lowest BCUT2D eigenvalue weighted by atomic mass is 9.96. The molecule has 0 aliphatic carbocycles. The number of carbonyl (C=O) groups excluding carboxylic acids is 1. The van der Waals surface area contributed by atoms with Crippen molar-refractivity contribution in [3.63, 3.8) is 0 Å². The van der Waals surface area contributed by atoms with Gasteiger partial charge in [0, 0.05) is 39.2 Å². The molecule has 0 aliphatic heterocycles. The molecule has 5 rings (SSSR count). The molecule has 4 nitrogen and oxygen atoms in total. The van der Waals surface area contributed by atoms with Crippen LogP contribution in [-0.2, 0) is 4.79 Å². The minimum atomic E-state index is -0.192. The number of nitrogens with one attached hydrogen (secondary N) is 1. The second-order valence-electron chi connectivity index (χ2n) is 8.27. The number of ether oxygens (including phenoxy) is 1. The maximum Gasteiger partial charge on any atom is 0.248 e. The van der Waals surface area contributed by atoms with Crippen LogP contribution >= 0.6 is 11.8 Å². The highest BCUT2D eigenvalue weighted by Gasteiger charge is 2.16. The summed E-state index contributed by atoms with van der Waals surface area (Å²) in [5.41, 5.74) is 5.24. The second kappa shape index (κ2) is 9.72. The molecule has 0 bridgehead atoms. The fourth-order valence-electron chi connectivity index (χ4n) is 4.33. The van der Waals surface area contributed by atoms with Crippen molar-refractivity contribution >= 4 is 50.7 Å². The molecule has 174 valence electrons. The lowest BCUT2D eigenvalue weighted by molar-refractivity contribution is -0.111. The Kier molecular flexibility index (Phi) is 6.34. The first kappa shape index (κ1) is 22.8. The predicted octanol–water partition coefficient (Wildman–Crippen LogP) is 8.03. The number of hydrogen-bond acceptors (Lipinski definition) is 4. The van der Waals surface area contributed by atoms with E-state index in [1.807, 2.05) is 61.7 Å². The zero-order valence-corrected chi connectivity index (χ0v) is 20.6. The predicted molar refractivity (Wildman–Crippen MR) is 146 cm³/mol. The summed E-state index contributed by atoms with van der Waals surface area (Å²) in [5.74, 6) is 0.463. The smallest absolute Gasteiger partial charge is 0.248 e. The Morgan fingerprint density at radius 1 is 0.943 bits per heavy atom. The molecular formula is C30H25NO3S. The molecule has 0 saturated carbocycles. The summed E-state index contributed by atoms with van der Waals surface area (Å²) in [6.07, 6.45) is 5.42. The van der Waals surface area contributed by atoms with Crippen LogP contribution in [0.5, 0.6) is 5.75 Å². The van der Waals surface area contributed by atoms with E-state index in [1.165, 1.54) is 5.39 Å². The largest absolute Gasteiger partial charge is 0.496 e. The number of rotatable bonds is 6. The van der Waals surface area contributed by atoms with Crippen molar-refractivity contribution in [2.24, 2.45) is 0 Å². The average Bonchev–Trinajstić information content (AvgIpc) is 3.30. The number of carbonyl (C=O) groups is 1. The van der Waals surface area contributed by atoms with Gasteiger partial charge < -0.3 is 14.5 Å². The van der Waals surface area contributed by atoms with Crippen molar-refractivity contribution in [2.75, 3.05) is 18.7 Å². The van der Waals surface area contributed by atoms with Crippen LogP contribution in [0.2, 0.25) is 0 Å². The highest BCUT2D eigenvalue weighted by atomic mass is 32.2. The molecule has 0 aliphatic rings. The van der Waals surface area contributed by atoms with Gasteiger partial charge in [-0.25, -0.2) is 0 Å². The van der Waals surface area contributed by atoms with Gasteiger partial charge >= 0.3 is 0 Å². The molecule has 1 aromatic heterocycles. The number of thioether (sulfide) groups is 1. The number of benzene rings is 4. The topological polar surface area (TPSA) is 51.5 Å². The van der Waals surface area contributed by atoms with Crippen LogP contribution in [0.15, 0.2) is 101 Å². The van der Waals surface area contributed by atoms with Crippen molar-refractivity contribution in [2.45, 2.75) is 11.8 Å². The van der Waals surface area contributed by atoms with E-state index in [0.717, 1.165) is 49.2 Å². The van der Waals surface area contributed by atoms with Crippen LogP contribution in [0.3, 0.4) is 0 Å². The summed E-state index contributed by atoms with van der Waals surface area (Å²) >= 11 is 1.66. The van der Waals surface area contributed by atoms with Gasteiger partial charge in [0.2, 0.25) is 5.91 Å². The summed E-state index contributed by atoms with van der Waals surface area (Å²) in [4.78, 5) is 13.9. The van der Waals surface area contributed by atoms with E-state index < -0.39 is 0 Å².